The molecule has 1 amide bonds. The maximum absolute atomic E-state index is 12.0. The van der Waals surface area contributed by atoms with Gasteiger partial charge >= 0.3 is 6.09 Å². The van der Waals surface area contributed by atoms with Gasteiger partial charge in [0.25, 0.3) is 0 Å². The van der Waals surface area contributed by atoms with Gasteiger partial charge < -0.3 is 20.4 Å². The van der Waals surface area contributed by atoms with Gasteiger partial charge in [-0.3, -0.25) is 0 Å². The van der Waals surface area contributed by atoms with Crippen molar-refractivity contribution in [2.75, 3.05) is 13.6 Å². The van der Waals surface area contributed by atoms with Gasteiger partial charge in [-0.05, 0) is 45.9 Å². The maximum Gasteiger partial charge on any atom is 0.407 e. The Balaban J connectivity index is 2.07. The lowest BCUT2D eigenvalue weighted by Gasteiger charge is -2.23. The first-order valence-electron chi connectivity index (χ1n) is 7.58. The minimum atomic E-state index is -0.491. The third-order valence-corrected chi connectivity index (χ3v) is 3.31. The Morgan fingerprint density at radius 1 is 1.32 bits per heavy atom. The summed E-state index contributed by atoms with van der Waals surface area (Å²) in [6.07, 6.45) is 2.36. The topological polar surface area (TPSA) is 66.2 Å². The van der Waals surface area contributed by atoms with Gasteiger partial charge in [0.15, 0.2) is 0 Å². The SMILES string of the molecule is CNC[C@H](Cc1c[nH]c2ccccc12)NC(=O)OC(C)(C)C. The van der Waals surface area contributed by atoms with Crippen LogP contribution in [0.15, 0.2) is 30.5 Å². The van der Waals surface area contributed by atoms with Crippen LogP contribution in [-0.2, 0) is 11.2 Å². The number of aromatic amines is 1. The first kappa shape index (κ1) is 16.4. The van der Waals surface area contributed by atoms with Crippen molar-refractivity contribution in [2.24, 2.45) is 0 Å². The van der Waals surface area contributed by atoms with Crippen LogP contribution in [0.5, 0.6) is 0 Å². The van der Waals surface area contributed by atoms with Crippen LogP contribution in [0.4, 0.5) is 4.79 Å². The normalized spacial score (nSPS) is 13.1. The van der Waals surface area contributed by atoms with Gasteiger partial charge in [0.2, 0.25) is 0 Å². The van der Waals surface area contributed by atoms with Gasteiger partial charge in [-0.15, -0.1) is 0 Å². The summed E-state index contributed by atoms with van der Waals surface area (Å²) in [5.74, 6) is 0. The van der Waals surface area contributed by atoms with Crippen LogP contribution < -0.4 is 10.6 Å². The van der Waals surface area contributed by atoms with Gasteiger partial charge in [-0.1, -0.05) is 18.2 Å². The first-order chi connectivity index (χ1) is 10.4. The molecule has 1 atom stereocenters. The summed E-state index contributed by atoms with van der Waals surface area (Å²) < 4.78 is 5.34. The van der Waals surface area contributed by atoms with E-state index in [1.807, 2.05) is 52.2 Å². The molecule has 120 valence electrons. The van der Waals surface area contributed by atoms with E-state index in [4.69, 9.17) is 4.74 Å². The number of hydrogen-bond acceptors (Lipinski definition) is 3. The molecule has 0 saturated carbocycles. The second kappa shape index (κ2) is 6.83. The third kappa shape index (κ3) is 4.49. The van der Waals surface area contributed by atoms with Crippen molar-refractivity contribution >= 4 is 17.0 Å². The molecule has 5 nitrogen and oxygen atoms in total. The number of hydrogen-bond donors (Lipinski definition) is 3. The Bertz CT molecular complexity index is 628. The molecule has 0 saturated heterocycles. The van der Waals surface area contributed by atoms with Crippen molar-refractivity contribution in [3.05, 3.63) is 36.0 Å². The standard InChI is InChI=1S/C17H25N3O2/c1-17(2,3)22-16(21)20-13(11-18-4)9-12-10-19-15-8-6-5-7-14(12)15/h5-8,10,13,18-19H,9,11H2,1-4H3,(H,20,21)/t13-/m0/s1. The smallest absolute Gasteiger partial charge is 0.407 e. The second-order valence-electron chi connectivity index (χ2n) is 6.46. The number of rotatable bonds is 5. The van der Waals surface area contributed by atoms with Crippen molar-refractivity contribution in [3.63, 3.8) is 0 Å². The largest absolute Gasteiger partial charge is 0.444 e. The number of ether oxygens (including phenoxy) is 1. The zero-order valence-corrected chi connectivity index (χ0v) is 13.7. The van der Waals surface area contributed by atoms with Crippen LogP contribution in [0.25, 0.3) is 10.9 Å². The number of amides is 1. The van der Waals surface area contributed by atoms with E-state index < -0.39 is 5.60 Å². The zero-order chi connectivity index (χ0) is 16.2. The number of benzene rings is 1. The summed E-state index contributed by atoms with van der Waals surface area (Å²) in [6.45, 7) is 6.26. The molecule has 0 spiro atoms. The van der Waals surface area contributed by atoms with E-state index in [0.717, 1.165) is 11.9 Å². The molecule has 2 aromatic rings. The van der Waals surface area contributed by atoms with Crippen molar-refractivity contribution in [3.8, 4) is 0 Å². The lowest BCUT2D eigenvalue weighted by Crippen LogP contribution is -2.44. The third-order valence-electron chi connectivity index (χ3n) is 3.31. The maximum atomic E-state index is 12.0. The molecule has 3 N–H and O–H groups in total. The molecule has 1 aromatic heterocycles. The predicted molar refractivity (Wildman–Crippen MR) is 89.1 cm³/mol. The van der Waals surface area contributed by atoms with Gasteiger partial charge in [-0.25, -0.2) is 4.79 Å². The molecule has 0 unspecified atom stereocenters. The Kier molecular flexibility index (Phi) is 5.08. The van der Waals surface area contributed by atoms with Crippen LogP contribution in [0, 0.1) is 0 Å². The van der Waals surface area contributed by atoms with E-state index in [9.17, 15) is 4.79 Å². The van der Waals surface area contributed by atoms with E-state index in [0.29, 0.717) is 6.54 Å². The number of likely N-dealkylation sites (N-methyl/N-ethyl adjacent to an activating group) is 1. The number of H-pyrrole nitrogens is 1. The summed E-state index contributed by atoms with van der Waals surface area (Å²) >= 11 is 0. The number of alkyl carbamates (subject to hydrolysis) is 1. The molecule has 0 aliphatic carbocycles. The number of carbonyl (C=O) groups is 1. The summed E-state index contributed by atoms with van der Waals surface area (Å²) in [6, 6.07) is 8.14. The van der Waals surface area contributed by atoms with E-state index in [1.54, 1.807) is 0 Å². The predicted octanol–water partition coefficient (Wildman–Crippen LogP) is 2.82. The molecule has 1 heterocycles. The Morgan fingerprint density at radius 3 is 2.73 bits per heavy atom. The number of para-hydroxylation sites is 1. The Labute approximate surface area is 131 Å². The minimum Gasteiger partial charge on any atom is -0.444 e. The molecule has 0 fully saturated rings. The monoisotopic (exact) mass is 303 g/mol. The van der Waals surface area contributed by atoms with Crippen molar-refractivity contribution < 1.29 is 9.53 Å². The highest BCUT2D eigenvalue weighted by atomic mass is 16.6. The van der Waals surface area contributed by atoms with Gasteiger partial charge in [0, 0.05) is 29.7 Å². The molecule has 0 aliphatic rings. The highest BCUT2D eigenvalue weighted by molar-refractivity contribution is 5.83. The highest BCUT2D eigenvalue weighted by Crippen LogP contribution is 2.19. The fraction of sp³-hybridized carbons (Fsp3) is 0.471. The van der Waals surface area contributed by atoms with Crippen LogP contribution in [0.2, 0.25) is 0 Å². The quantitative estimate of drug-likeness (QED) is 0.795. The van der Waals surface area contributed by atoms with Gasteiger partial charge in [0.1, 0.15) is 5.60 Å². The average molecular weight is 303 g/mol. The van der Waals surface area contributed by atoms with E-state index in [1.165, 1.54) is 10.9 Å². The fourth-order valence-electron chi connectivity index (χ4n) is 2.46. The molecule has 0 aliphatic heterocycles. The van der Waals surface area contributed by atoms with Crippen LogP contribution in [0.3, 0.4) is 0 Å². The fourth-order valence-corrected chi connectivity index (χ4v) is 2.46. The molecule has 22 heavy (non-hydrogen) atoms. The molecule has 0 bridgehead atoms. The highest BCUT2D eigenvalue weighted by Gasteiger charge is 2.20. The molecule has 5 heteroatoms. The molecular weight excluding hydrogens is 278 g/mol. The Hall–Kier alpha value is -2.01. The summed E-state index contributed by atoms with van der Waals surface area (Å²) in [5, 5.41) is 7.25. The van der Waals surface area contributed by atoms with Crippen LogP contribution >= 0.6 is 0 Å². The van der Waals surface area contributed by atoms with Crippen molar-refractivity contribution in [2.45, 2.75) is 38.8 Å². The molecule has 2 rings (SSSR count). The van der Waals surface area contributed by atoms with Gasteiger partial charge in [-0.2, -0.15) is 0 Å². The molecule has 0 radical (unpaired) electrons. The number of nitrogens with one attached hydrogen (secondary N) is 3. The lowest BCUT2D eigenvalue weighted by molar-refractivity contribution is 0.0504. The lowest BCUT2D eigenvalue weighted by atomic mass is 10.1. The molecule has 1 aromatic carbocycles. The van der Waals surface area contributed by atoms with Crippen LogP contribution in [-0.4, -0.2) is 36.3 Å². The Morgan fingerprint density at radius 2 is 2.05 bits per heavy atom. The average Bonchev–Trinajstić information content (AvgIpc) is 2.80. The first-order valence-corrected chi connectivity index (χ1v) is 7.58. The van der Waals surface area contributed by atoms with Gasteiger partial charge in [0.05, 0.1) is 0 Å². The minimum absolute atomic E-state index is 0.0287. The number of aromatic nitrogens is 1. The van der Waals surface area contributed by atoms with E-state index in [2.05, 4.69) is 21.7 Å². The van der Waals surface area contributed by atoms with E-state index >= 15 is 0 Å². The molecular formula is C17H25N3O2. The summed E-state index contributed by atoms with van der Waals surface area (Å²) in [5.41, 5.74) is 1.81. The van der Waals surface area contributed by atoms with Crippen LogP contribution in [0.1, 0.15) is 26.3 Å². The second-order valence-corrected chi connectivity index (χ2v) is 6.46. The summed E-state index contributed by atoms with van der Waals surface area (Å²) in [7, 11) is 1.87. The number of fused-ring (bicyclic) bond motifs is 1. The van der Waals surface area contributed by atoms with Crippen molar-refractivity contribution in [1.29, 1.82) is 0 Å². The number of carbonyl (C=O) groups excluding carboxylic acids is 1. The van der Waals surface area contributed by atoms with E-state index in [-0.39, 0.29) is 12.1 Å². The van der Waals surface area contributed by atoms with Crippen molar-refractivity contribution in [1.82, 2.24) is 15.6 Å². The zero-order valence-electron chi connectivity index (χ0n) is 13.7. The summed E-state index contributed by atoms with van der Waals surface area (Å²) in [4.78, 5) is 15.2.